The number of likely N-dealkylation sites (tertiary alicyclic amines) is 1. The number of nitrogens with zero attached hydrogens (tertiary/aromatic N) is 2. The molecule has 0 saturated carbocycles. The van der Waals surface area contributed by atoms with Crippen molar-refractivity contribution in [1.29, 1.82) is 0 Å². The lowest BCUT2D eigenvalue weighted by Crippen LogP contribution is -2.43. The molecule has 21 heavy (non-hydrogen) atoms. The average molecular weight is 281 g/mol. The Bertz CT molecular complexity index is 699. The molecule has 3 unspecified atom stereocenters. The SMILES string of the molecule is CC1CC2CNCC2N1C(=O)c1ccc2ccccc2n1. The minimum Gasteiger partial charge on any atom is -0.330 e. The van der Waals surface area contributed by atoms with Crippen LogP contribution in [-0.4, -0.2) is 41.0 Å². The summed E-state index contributed by atoms with van der Waals surface area (Å²) in [6.45, 7) is 4.09. The molecule has 1 N–H and O–H groups in total. The number of carbonyl (C=O) groups is 1. The lowest BCUT2D eigenvalue weighted by molar-refractivity contribution is 0.0676. The fraction of sp³-hybridized carbons (Fsp3) is 0.412. The van der Waals surface area contributed by atoms with Gasteiger partial charge in [-0.15, -0.1) is 0 Å². The number of aromatic nitrogens is 1. The number of nitrogens with one attached hydrogen (secondary N) is 1. The average Bonchev–Trinajstić information content (AvgIpc) is 3.06. The number of pyridine rings is 1. The molecule has 0 aliphatic carbocycles. The summed E-state index contributed by atoms with van der Waals surface area (Å²) in [5, 5.41) is 4.47. The zero-order valence-electron chi connectivity index (χ0n) is 12.1. The van der Waals surface area contributed by atoms with Crippen LogP contribution in [0.1, 0.15) is 23.8 Å². The van der Waals surface area contributed by atoms with E-state index in [-0.39, 0.29) is 5.91 Å². The molecule has 3 atom stereocenters. The number of hydrogen-bond acceptors (Lipinski definition) is 3. The summed E-state index contributed by atoms with van der Waals surface area (Å²) in [6, 6.07) is 12.4. The Labute approximate surface area is 124 Å². The minimum absolute atomic E-state index is 0.0736. The first kappa shape index (κ1) is 12.8. The van der Waals surface area contributed by atoms with Crippen molar-refractivity contribution in [1.82, 2.24) is 15.2 Å². The molecule has 4 heteroatoms. The molecular weight excluding hydrogens is 262 g/mol. The number of amides is 1. The van der Waals surface area contributed by atoms with Crippen LogP contribution in [0.4, 0.5) is 0 Å². The summed E-state index contributed by atoms with van der Waals surface area (Å²) in [7, 11) is 0. The summed E-state index contributed by atoms with van der Waals surface area (Å²) >= 11 is 0. The molecule has 108 valence electrons. The van der Waals surface area contributed by atoms with Gasteiger partial charge in [0.05, 0.1) is 5.52 Å². The van der Waals surface area contributed by atoms with Crippen molar-refractivity contribution < 1.29 is 4.79 Å². The van der Waals surface area contributed by atoms with Crippen molar-refractivity contribution in [2.24, 2.45) is 5.92 Å². The molecule has 2 saturated heterocycles. The monoisotopic (exact) mass is 281 g/mol. The van der Waals surface area contributed by atoms with Crippen LogP contribution in [0.3, 0.4) is 0 Å². The Morgan fingerprint density at radius 3 is 3.00 bits per heavy atom. The number of hydrogen-bond donors (Lipinski definition) is 1. The Kier molecular flexibility index (Phi) is 2.93. The molecule has 1 aromatic heterocycles. The Morgan fingerprint density at radius 2 is 2.10 bits per heavy atom. The molecule has 2 aromatic rings. The fourth-order valence-corrected chi connectivity index (χ4v) is 3.83. The van der Waals surface area contributed by atoms with Crippen molar-refractivity contribution in [2.45, 2.75) is 25.4 Å². The summed E-state index contributed by atoms with van der Waals surface area (Å²) < 4.78 is 0. The van der Waals surface area contributed by atoms with Crippen LogP contribution in [0.25, 0.3) is 10.9 Å². The number of benzene rings is 1. The maximum Gasteiger partial charge on any atom is 0.273 e. The predicted molar refractivity (Wildman–Crippen MR) is 82.1 cm³/mol. The molecule has 0 bridgehead atoms. The summed E-state index contributed by atoms with van der Waals surface area (Å²) in [4.78, 5) is 19.5. The lowest BCUT2D eigenvalue weighted by atomic mass is 10.0. The summed E-state index contributed by atoms with van der Waals surface area (Å²) in [5.41, 5.74) is 1.45. The van der Waals surface area contributed by atoms with E-state index >= 15 is 0 Å². The normalized spacial score (nSPS) is 28.0. The van der Waals surface area contributed by atoms with Crippen molar-refractivity contribution in [3.05, 3.63) is 42.1 Å². The maximum atomic E-state index is 12.9. The van der Waals surface area contributed by atoms with Crippen molar-refractivity contribution >= 4 is 16.8 Å². The van der Waals surface area contributed by atoms with E-state index in [0.29, 0.717) is 23.7 Å². The van der Waals surface area contributed by atoms with E-state index in [1.54, 1.807) is 0 Å². The number of para-hydroxylation sites is 1. The van der Waals surface area contributed by atoms with Crippen LogP contribution >= 0.6 is 0 Å². The van der Waals surface area contributed by atoms with Gasteiger partial charge in [-0.1, -0.05) is 24.3 Å². The van der Waals surface area contributed by atoms with Crippen molar-refractivity contribution in [2.75, 3.05) is 13.1 Å². The van der Waals surface area contributed by atoms with Gasteiger partial charge in [0.2, 0.25) is 0 Å². The van der Waals surface area contributed by atoms with Crippen LogP contribution in [0.15, 0.2) is 36.4 Å². The molecule has 0 radical (unpaired) electrons. The number of carbonyl (C=O) groups excluding carboxylic acids is 1. The number of fused-ring (bicyclic) bond motifs is 2. The zero-order valence-corrected chi connectivity index (χ0v) is 12.1. The Morgan fingerprint density at radius 1 is 1.24 bits per heavy atom. The highest BCUT2D eigenvalue weighted by molar-refractivity contribution is 5.95. The van der Waals surface area contributed by atoms with Crippen LogP contribution in [0.5, 0.6) is 0 Å². The van der Waals surface area contributed by atoms with Gasteiger partial charge in [0.15, 0.2) is 0 Å². The smallest absolute Gasteiger partial charge is 0.273 e. The van der Waals surface area contributed by atoms with Gasteiger partial charge < -0.3 is 10.2 Å². The van der Waals surface area contributed by atoms with Crippen LogP contribution in [-0.2, 0) is 0 Å². The maximum absolute atomic E-state index is 12.9. The molecule has 1 aromatic carbocycles. The van der Waals surface area contributed by atoms with E-state index in [4.69, 9.17) is 0 Å². The van der Waals surface area contributed by atoms with Crippen LogP contribution in [0.2, 0.25) is 0 Å². The highest BCUT2D eigenvalue weighted by atomic mass is 16.2. The van der Waals surface area contributed by atoms with Gasteiger partial charge in [0.1, 0.15) is 5.69 Å². The van der Waals surface area contributed by atoms with Crippen molar-refractivity contribution in [3.63, 3.8) is 0 Å². The van der Waals surface area contributed by atoms with E-state index < -0.39 is 0 Å². The molecular formula is C17H19N3O. The van der Waals surface area contributed by atoms with Gasteiger partial charge in [0, 0.05) is 30.6 Å². The molecule has 2 aliphatic heterocycles. The third-order valence-corrected chi connectivity index (χ3v) is 4.83. The summed E-state index contributed by atoms with van der Waals surface area (Å²) in [6.07, 6.45) is 1.09. The molecule has 4 rings (SSSR count). The quantitative estimate of drug-likeness (QED) is 0.870. The van der Waals surface area contributed by atoms with E-state index in [1.165, 1.54) is 0 Å². The highest BCUT2D eigenvalue weighted by Gasteiger charge is 2.44. The molecule has 3 heterocycles. The number of rotatable bonds is 1. The van der Waals surface area contributed by atoms with Crippen molar-refractivity contribution in [3.8, 4) is 0 Å². The van der Waals surface area contributed by atoms with Crippen LogP contribution in [0, 0.1) is 5.92 Å². The fourth-order valence-electron chi connectivity index (χ4n) is 3.83. The van der Waals surface area contributed by atoms with E-state index in [0.717, 1.165) is 30.4 Å². The first-order valence-electron chi connectivity index (χ1n) is 7.63. The first-order chi connectivity index (χ1) is 10.2. The largest absolute Gasteiger partial charge is 0.330 e. The molecule has 2 aliphatic rings. The van der Waals surface area contributed by atoms with E-state index in [1.807, 2.05) is 41.3 Å². The van der Waals surface area contributed by atoms with Crippen LogP contribution < -0.4 is 5.32 Å². The predicted octanol–water partition coefficient (Wildman–Crippen LogP) is 2.06. The zero-order chi connectivity index (χ0) is 14.4. The van der Waals surface area contributed by atoms with E-state index in [9.17, 15) is 4.79 Å². The second kappa shape index (κ2) is 4.81. The van der Waals surface area contributed by atoms with Gasteiger partial charge in [-0.05, 0) is 31.4 Å². The van der Waals surface area contributed by atoms with Gasteiger partial charge >= 0.3 is 0 Å². The van der Waals surface area contributed by atoms with Gasteiger partial charge in [-0.25, -0.2) is 4.98 Å². The second-order valence-electron chi connectivity index (χ2n) is 6.17. The van der Waals surface area contributed by atoms with Gasteiger partial charge in [-0.3, -0.25) is 4.79 Å². The third-order valence-electron chi connectivity index (χ3n) is 4.83. The van der Waals surface area contributed by atoms with E-state index in [2.05, 4.69) is 17.2 Å². The highest BCUT2D eigenvalue weighted by Crippen LogP contribution is 2.33. The Balaban J connectivity index is 1.69. The van der Waals surface area contributed by atoms with Gasteiger partial charge in [-0.2, -0.15) is 0 Å². The topological polar surface area (TPSA) is 45.2 Å². The summed E-state index contributed by atoms with van der Waals surface area (Å²) in [5.74, 6) is 0.675. The van der Waals surface area contributed by atoms with Gasteiger partial charge in [0.25, 0.3) is 5.91 Å². The molecule has 4 nitrogen and oxygen atoms in total. The first-order valence-corrected chi connectivity index (χ1v) is 7.63. The molecule has 2 fully saturated rings. The molecule has 0 spiro atoms. The standard InChI is InChI=1S/C17H19N3O/c1-11-8-13-9-18-10-16(13)20(11)17(21)15-7-6-12-4-2-3-5-14(12)19-15/h2-7,11,13,16,18H,8-10H2,1H3. The second-order valence-corrected chi connectivity index (χ2v) is 6.17. The third kappa shape index (κ3) is 2.02. The lowest BCUT2D eigenvalue weighted by Gasteiger charge is -2.27. The molecule has 1 amide bonds. The Hall–Kier alpha value is -1.94. The minimum atomic E-state index is 0.0736.